The Morgan fingerprint density at radius 3 is 2.71 bits per heavy atom. The molecule has 102 valence electrons. The zero-order chi connectivity index (χ0) is 12.3. The van der Waals surface area contributed by atoms with Crippen molar-refractivity contribution in [1.29, 1.82) is 0 Å². The first-order valence-corrected chi connectivity index (χ1v) is 7.12. The molecule has 0 aromatic rings. The predicted octanol–water partition coefficient (Wildman–Crippen LogP) is 2.46. The Balaban J connectivity index is 1.86. The molecule has 3 nitrogen and oxygen atoms in total. The molecule has 0 aromatic carbocycles. The van der Waals surface area contributed by atoms with Crippen LogP contribution in [0.25, 0.3) is 0 Å². The monoisotopic (exact) mass is 243 g/mol. The summed E-state index contributed by atoms with van der Waals surface area (Å²) >= 11 is 0. The number of hydrogen-bond donors (Lipinski definition) is 1. The fourth-order valence-corrected chi connectivity index (χ4v) is 2.53. The van der Waals surface area contributed by atoms with Crippen molar-refractivity contribution in [3.63, 3.8) is 0 Å². The van der Waals surface area contributed by atoms with Gasteiger partial charge in [0.2, 0.25) is 0 Å². The lowest BCUT2D eigenvalue weighted by Crippen LogP contribution is -2.30. The Labute approximate surface area is 106 Å². The van der Waals surface area contributed by atoms with Crippen LogP contribution in [0.4, 0.5) is 0 Å². The van der Waals surface area contributed by atoms with Crippen molar-refractivity contribution in [2.45, 2.75) is 39.0 Å². The second-order valence-electron chi connectivity index (χ2n) is 5.18. The van der Waals surface area contributed by atoms with Crippen molar-refractivity contribution in [2.24, 2.45) is 11.8 Å². The van der Waals surface area contributed by atoms with Gasteiger partial charge in [-0.15, -0.1) is 0 Å². The molecular weight excluding hydrogens is 214 g/mol. The van der Waals surface area contributed by atoms with Gasteiger partial charge in [-0.3, -0.25) is 0 Å². The van der Waals surface area contributed by atoms with E-state index in [1.54, 1.807) is 7.11 Å². The second kappa shape index (κ2) is 9.86. The van der Waals surface area contributed by atoms with E-state index in [9.17, 15) is 0 Å². The Morgan fingerprint density at radius 1 is 1.12 bits per heavy atom. The highest BCUT2D eigenvalue weighted by Gasteiger charge is 2.20. The molecule has 3 heteroatoms. The van der Waals surface area contributed by atoms with Crippen LogP contribution in [0, 0.1) is 11.8 Å². The third-order valence-corrected chi connectivity index (χ3v) is 3.77. The molecule has 1 saturated carbocycles. The van der Waals surface area contributed by atoms with Crippen LogP contribution in [0.15, 0.2) is 0 Å². The number of methoxy groups -OCH3 is 1. The molecule has 1 N–H and O–H groups in total. The topological polar surface area (TPSA) is 30.5 Å². The molecule has 1 fully saturated rings. The molecule has 1 aliphatic carbocycles. The first-order chi connectivity index (χ1) is 8.34. The second-order valence-corrected chi connectivity index (χ2v) is 5.18. The van der Waals surface area contributed by atoms with Crippen LogP contribution >= 0.6 is 0 Å². The minimum absolute atomic E-state index is 0.701. The fraction of sp³-hybridized carbons (Fsp3) is 1.00. The van der Waals surface area contributed by atoms with Crippen molar-refractivity contribution >= 4 is 0 Å². The third-order valence-electron chi connectivity index (χ3n) is 3.77. The molecule has 0 aromatic heterocycles. The van der Waals surface area contributed by atoms with E-state index in [-0.39, 0.29) is 0 Å². The lowest BCUT2D eigenvalue weighted by atomic mass is 9.80. The summed E-state index contributed by atoms with van der Waals surface area (Å²) in [5, 5.41) is 3.57. The third kappa shape index (κ3) is 7.02. The maximum atomic E-state index is 5.42. The lowest BCUT2D eigenvalue weighted by Gasteiger charge is -2.28. The van der Waals surface area contributed by atoms with Gasteiger partial charge < -0.3 is 14.8 Å². The van der Waals surface area contributed by atoms with Gasteiger partial charge in [0.15, 0.2) is 0 Å². The Kier molecular flexibility index (Phi) is 8.67. The average Bonchev–Trinajstić information content (AvgIpc) is 2.35. The average molecular weight is 243 g/mol. The van der Waals surface area contributed by atoms with Gasteiger partial charge in [-0.2, -0.15) is 0 Å². The van der Waals surface area contributed by atoms with Gasteiger partial charge >= 0.3 is 0 Å². The summed E-state index contributed by atoms with van der Waals surface area (Å²) in [6.07, 6.45) is 6.80. The van der Waals surface area contributed by atoms with E-state index in [1.165, 1.54) is 32.2 Å². The Morgan fingerprint density at radius 2 is 1.94 bits per heavy atom. The summed E-state index contributed by atoms with van der Waals surface area (Å²) in [5.74, 6) is 1.81. The minimum Gasteiger partial charge on any atom is -0.382 e. The van der Waals surface area contributed by atoms with Crippen molar-refractivity contribution in [1.82, 2.24) is 5.32 Å². The molecule has 0 heterocycles. The minimum atomic E-state index is 0.701. The molecule has 2 unspecified atom stereocenters. The van der Waals surface area contributed by atoms with Crippen molar-refractivity contribution in [2.75, 3.05) is 40.0 Å². The molecule has 0 saturated heterocycles. The number of nitrogens with one attached hydrogen (secondary N) is 1. The van der Waals surface area contributed by atoms with E-state index in [0.717, 1.165) is 38.0 Å². The molecule has 17 heavy (non-hydrogen) atoms. The highest BCUT2D eigenvalue weighted by Crippen LogP contribution is 2.28. The van der Waals surface area contributed by atoms with Crippen LogP contribution < -0.4 is 5.32 Å². The van der Waals surface area contributed by atoms with Crippen LogP contribution in [-0.4, -0.2) is 40.0 Å². The van der Waals surface area contributed by atoms with Gasteiger partial charge in [0.25, 0.3) is 0 Å². The zero-order valence-electron chi connectivity index (χ0n) is 11.5. The predicted molar refractivity (Wildman–Crippen MR) is 71.3 cm³/mol. The summed E-state index contributed by atoms with van der Waals surface area (Å²) in [7, 11) is 1.70. The SMILES string of the molecule is COCCOCCCNCC1CCCCC1C. The van der Waals surface area contributed by atoms with Gasteiger partial charge in [-0.05, 0) is 37.8 Å². The van der Waals surface area contributed by atoms with Crippen molar-refractivity contribution < 1.29 is 9.47 Å². The lowest BCUT2D eigenvalue weighted by molar-refractivity contribution is 0.0693. The van der Waals surface area contributed by atoms with Gasteiger partial charge in [-0.25, -0.2) is 0 Å². The first-order valence-electron chi connectivity index (χ1n) is 7.12. The van der Waals surface area contributed by atoms with Crippen LogP contribution in [0.5, 0.6) is 0 Å². The quantitative estimate of drug-likeness (QED) is 0.631. The van der Waals surface area contributed by atoms with Gasteiger partial charge in [0.05, 0.1) is 13.2 Å². The van der Waals surface area contributed by atoms with Crippen LogP contribution in [-0.2, 0) is 9.47 Å². The fourth-order valence-electron chi connectivity index (χ4n) is 2.53. The summed E-state index contributed by atoms with van der Waals surface area (Å²) in [5.41, 5.74) is 0. The van der Waals surface area contributed by atoms with Gasteiger partial charge in [-0.1, -0.05) is 26.2 Å². The highest BCUT2D eigenvalue weighted by atomic mass is 16.5. The number of ether oxygens (including phenoxy) is 2. The maximum Gasteiger partial charge on any atom is 0.0700 e. The van der Waals surface area contributed by atoms with Crippen LogP contribution in [0.3, 0.4) is 0 Å². The summed E-state index contributed by atoms with van der Waals surface area (Å²) in [6.45, 7) is 6.94. The van der Waals surface area contributed by atoms with Crippen LogP contribution in [0.1, 0.15) is 39.0 Å². The van der Waals surface area contributed by atoms with Crippen LogP contribution in [0.2, 0.25) is 0 Å². The van der Waals surface area contributed by atoms with Crippen molar-refractivity contribution in [3.8, 4) is 0 Å². The molecule has 1 aliphatic rings. The Hall–Kier alpha value is -0.120. The standard InChI is InChI=1S/C14H29NO2/c1-13-6-3-4-7-14(13)12-15-8-5-9-17-11-10-16-2/h13-15H,3-12H2,1-2H3. The first kappa shape index (κ1) is 14.9. The molecule has 0 bridgehead atoms. The smallest absolute Gasteiger partial charge is 0.0700 e. The van der Waals surface area contributed by atoms with E-state index < -0.39 is 0 Å². The zero-order valence-corrected chi connectivity index (χ0v) is 11.5. The van der Waals surface area contributed by atoms with E-state index in [0.29, 0.717) is 6.61 Å². The highest BCUT2D eigenvalue weighted by molar-refractivity contribution is 4.73. The molecular formula is C14H29NO2. The molecule has 0 amide bonds. The largest absolute Gasteiger partial charge is 0.382 e. The van der Waals surface area contributed by atoms with Gasteiger partial charge in [0, 0.05) is 13.7 Å². The summed E-state index contributed by atoms with van der Waals surface area (Å²) in [6, 6.07) is 0. The summed E-state index contributed by atoms with van der Waals surface area (Å²) in [4.78, 5) is 0. The van der Waals surface area contributed by atoms with E-state index >= 15 is 0 Å². The summed E-state index contributed by atoms with van der Waals surface area (Å²) < 4.78 is 10.3. The van der Waals surface area contributed by atoms with E-state index in [1.807, 2.05) is 0 Å². The van der Waals surface area contributed by atoms with E-state index in [2.05, 4.69) is 12.2 Å². The van der Waals surface area contributed by atoms with E-state index in [4.69, 9.17) is 9.47 Å². The van der Waals surface area contributed by atoms with Crippen molar-refractivity contribution in [3.05, 3.63) is 0 Å². The van der Waals surface area contributed by atoms with Gasteiger partial charge in [0.1, 0.15) is 0 Å². The normalized spacial score (nSPS) is 25.1. The molecule has 0 spiro atoms. The maximum absolute atomic E-state index is 5.42. The molecule has 0 aliphatic heterocycles. The number of rotatable bonds is 9. The molecule has 0 radical (unpaired) electrons. The molecule has 1 rings (SSSR count). The Bertz CT molecular complexity index is 176. The number of hydrogen-bond acceptors (Lipinski definition) is 3. The molecule has 2 atom stereocenters.